The second kappa shape index (κ2) is 4.65. The van der Waals surface area contributed by atoms with Crippen molar-refractivity contribution in [2.45, 2.75) is 0 Å². The molecule has 2 heterocycles. The first-order chi connectivity index (χ1) is 7.33. The number of thiophene rings is 1. The molecule has 4 nitrogen and oxygen atoms in total. The Bertz CT molecular complexity index is 427. The van der Waals surface area contributed by atoms with Crippen LogP contribution in [0.15, 0.2) is 22.0 Å². The molecule has 0 bridgehead atoms. The zero-order chi connectivity index (χ0) is 10.7. The van der Waals surface area contributed by atoms with Gasteiger partial charge in [-0.05, 0) is 16.6 Å². The second-order valence-electron chi connectivity index (χ2n) is 2.75. The molecule has 80 valence electrons. The van der Waals surface area contributed by atoms with Gasteiger partial charge in [0.05, 0.1) is 4.88 Å². The molecule has 0 aliphatic heterocycles. The van der Waals surface area contributed by atoms with Gasteiger partial charge >= 0.3 is 0 Å². The number of ether oxygens (including phenoxy) is 1. The minimum absolute atomic E-state index is 0.297. The van der Waals surface area contributed by atoms with Crippen LogP contribution in [0.25, 0.3) is 10.6 Å². The van der Waals surface area contributed by atoms with Gasteiger partial charge in [-0.3, -0.25) is 0 Å². The van der Waals surface area contributed by atoms with Crippen LogP contribution in [-0.4, -0.2) is 18.3 Å². The number of hydrogen-bond acceptors (Lipinski definition) is 5. The Labute approximate surface area is 95.6 Å². The first kappa shape index (κ1) is 10.5. The highest BCUT2D eigenvalue weighted by atomic mass is 35.5. The summed E-state index contributed by atoms with van der Waals surface area (Å²) >= 11 is 7.57. The summed E-state index contributed by atoms with van der Waals surface area (Å²) in [5.41, 5.74) is 5.30. The molecule has 0 saturated heterocycles. The molecule has 0 aliphatic rings. The highest BCUT2D eigenvalue weighted by Gasteiger charge is 2.17. The third-order valence-corrected chi connectivity index (χ3v) is 2.91. The SMILES string of the molecule is NCCOc1noc(-c2cccs2)c1Cl. The maximum absolute atomic E-state index is 6.04. The molecule has 0 spiro atoms. The molecular weight excluding hydrogens is 236 g/mol. The van der Waals surface area contributed by atoms with E-state index in [0.717, 1.165) is 4.88 Å². The van der Waals surface area contributed by atoms with Crippen molar-refractivity contribution in [3.8, 4) is 16.5 Å². The molecule has 0 atom stereocenters. The van der Waals surface area contributed by atoms with Gasteiger partial charge in [0.2, 0.25) is 0 Å². The van der Waals surface area contributed by atoms with Gasteiger partial charge in [0.1, 0.15) is 6.61 Å². The van der Waals surface area contributed by atoms with Crippen molar-refractivity contribution in [1.82, 2.24) is 5.16 Å². The average Bonchev–Trinajstić information content (AvgIpc) is 2.84. The number of halogens is 1. The molecule has 0 fully saturated rings. The van der Waals surface area contributed by atoms with Gasteiger partial charge in [0.25, 0.3) is 5.88 Å². The zero-order valence-corrected chi connectivity index (χ0v) is 9.35. The van der Waals surface area contributed by atoms with Gasteiger partial charge in [0.15, 0.2) is 10.8 Å². The number of hydrogen-bond donors (Lipinski definition) is 1. The molecule has 0 saturated carbocycles. The van der Waals surface area contributed by atoms with Crippen molar-refractivity contribution in [2.24, 2.45) is 5.73 Å². The largest absolute Gasteiger partial charge is 0.473 e. The zero-order valence-electron chi connectivity index (χ0n) is 7.77. The number of nitrogens with zero attached hydrogens (tertiary/aromatic N) is 1. The van der Waals surface area contributed by atoms with Crippen LogP contribution in [0.1, 0.15) is 0 Å². The maximum Gasteiger partial charge on any atom is 0.273 e. The predicted octanol–water partition coefficient (Wildman–Crippen LogP) is 2.39. The van der Waals surface area contributed by atoms with E-state index in [1.165, 1.54) is 11.3 Å². The molecule has 2 aromatic rings. The molecular formula is C9H9ClN2O2S. The Balaban J connectivity index is 2.24. The maximum atomic E-state index is 6.04. The van der Waals surface area contributed by atoms with E-state index in [-0.39, 0.29) is 0 Å². The van der Waals surface area contributed by atoms with Crippen LogP contribution >= 0.6 is 22.9 Å². The number of aromatic nitrogens is 1. The minimum atomic E-state index is 0.297. The van der Waals surface area contributed by atoms with Crippen molar-refractivity contribution in [1.29, 1.82) is 0 Å². The van der Waals surface area contributed by atoms with Crippen molar-refractivity contribution >= 4 is 22.9 Å². The fraction of sp³-hybridized carbons (Fsp3) is 0.222. The van der Waals surface area contributed by atoms with Crippen LogP contribution in [0.3, 0.4) is 0 Å². The fourth-order valence-corrected chi connectivity index (χ4v) is 2.06. The summed E-state index contributed by atoms with van der Waals surface area (Å²) < 4.78 is 10.3. The normalized spacial score (nSPS) is 10.5. The van der Waals surface area contributed by atoms with Gasteiger partial charge in [-0.2, -0.15) is 0 Å². The monoisotopic (exact) mass is 244 g/mol. The van der Waals surface area contributed by atoms with E-state index < -0.39 is 0 Å². The lowest BCUT2D eigenvalue weighted by molar-refractivity contribution is 0.288. The molecule has 15 heavy (non-hydrogen) atoms. The van der Waals surface area contributed by atoms with Crippen molar-refractivity contribution in [3.63, 3.8) is 0 Å². The molecule has 2 rings (SSSR count). The van der Waals surface area contributed by atoms with Crippen LogP contribution in [0, 0.1) is 0 Å². The highest BCUT2D eigenvalue weighted by Crippen LogP contribution is 2.37. The fourth-order valence-electron chi connectivity index (χ4n) is 1.07. The van der Waals surface area contributed by atoms with E-state index in [4.69, 9.17) is 26.6 Å². The highest BCUT2D eigenvalue weighted by molar-refractivity contribution is 7.13. The molecule has 0 amide bonds. The van der Waals surface area contributed by atoms with E-state index in [1.807, 2.05) is 17.5 Å². The molecule has 6 heteroatoms. The van der Waals surface area contributed by atoms with Crippen molar-refractivity contribution in [3.05, 3.63) is 22.5 Å². The van der Waals surface area contributed by atoms with Gasteiger partial charge < -0.3 is 15.0 Å². The van der Waals surface area contributed by atoms with Crippen LogP contribution in [0.5, 0.6) is 5.88 Å². The number of nitrogens with two attached hydrogens (primary N) is 1. The Morgan fingerprint density at radius 3 is 3.13 bits per heavy atom. The topological polar surface area (TPSA) is 61.3 Å². The van der Waals surface area contributed by atoms with Gasteiger partial charge in [-0.1, -0.05) is 17.7 Å². The number of rotatable bonds is 4. The Morgan fingerprint density at radius 2 is 2.47 bits per heavy atom. The van der Waals surface area contributed by atoms with Crippen LogP contribution in [0.2, 0.25) is 5.02 Å². The second-order valence-corrected chi connectivity index (χ2v) is 4.07. The van der Waals surface area contributed by atoms with Crippen molar-refractivity contribution in [2.75, 3.05) is 13.2 Å². The first-order valence-corrected chi connectivity index (χ1v) is 5.60. The third kappa shape index (κ3) is 2.14. The first-order valence-electron chi connectivity index (χ1n) is 4.35. The van der Waals surface area contributed by atoms with Gasteiger partial charge in [-0.25, -0.2) is 0 Å². The standard InChI is InChI=1S/C9H9ClN2O2S/c10-7-8(6-2-1-5-15-6)14-12-9(7)13-4-3-11/h1-2,5H,3-4,11H2. The third-order valence-electron chi connectivity index (χ3n) is 1.71. The summed E-state index contributed by atoms with van der Waals surface area (Å²) in [5, 5.41) is 6.06. The smallest absolute Gasteiger partial charge is 0.273 e. The lowest BCUT2D eigenvalue weighted by Crippen LogP contribution is -2.10. The van der Waals surface area contributed by atoms with Crippen LogP contribution in [0.4, 0.5) is 0 Å². The molecule has 2 aromatic heterocycles. The van der Waals surface area contributed by atoms with E-state index in [2.05, 4.69) is 5.16 Å². The molecule has 0 unspecified atom stereocenters. The van der Waals surface area contributed by atoms with E-state index in [1.54, 1.807) is 0 Å². The summed E-state index contributed by atoms with van der Waals surface area (Å²) in [7, 11) is 0. The lowest BCUT2D eigenvalue weighted by Gasteiger charge is -1.97. The summed E-state index contributed by atoms with van der Waals surface area (Å²) in [5.74, 6) is 0.837. The van der Waals surface area contributed by atoms with Gasteiger partial charge in [-0.15, -0.1) is 11.3 Å². The molecule has 0 aliphatic carbocycles. The molecule has 0 radical (unpaired) electrons. The summed E-state index contributed by atoms with van der Waals surface area (Å²) in [6, 6.07) is 3.82. The van der Waals surface area contributed by atoms with E-state index in [0.29, 0.717) is 29.8 Å². The Hall–Kier alpha value is -1.04. The predicted molar refractivity (Wildman–Crippen MR) is 59.4 cm³/mol. The molecule has 2 N–H and O–H groups in total. The summed E-state index contributed by atoms with van der Waals surface area (Å²) in [6.45, 7) is 0.785. The molecule has 0 aromatic carbocycles. The Morgan fingerprint density at radius 1 is 1.60 bits per heavy atom. The Kier molecular flexibility index (Phi) is 3.25. The van der Waals surface area contributed by atoms with Crippen molar-refractivity contribution < 1.29 is 9.26 Å². The average molecular weight is 245 g/mol. The van der Waals surface area contributed by atoms with E-state index in [9.17, 15) is 0 Å². The summed E-state index contributed by atoms with van der Waals surface area (Å²) in [4.78, 5) is 0.926. The summed E-state index contributed by atoms with van der Waals surface area (Å²) in [6.07, 6.45) is 0. The quantitative estimate of drug-likeness (QED) is 0.897. The van der Waals surface area contributed by atoms with Crippen LogP contribution < -0.4 is 10.5 Å². The minimum Gasteiger partial charge on any atom is -0.473 e. The van der Waals surface area contributed by atoms with E-state index >= 15 is 0 Å². The lowest BCUT2D eigenvalue weighted by atomic mass is 10.4. The van der Waals surface area contributed by atoms with Gasteiger partial charge in [0, 0.05) is 6.54 Å². The van der Waals surface area contributed by atoms with Crippen LogP contribution in [-0.2, 0) is 0 Å².